The number of nitrogens with zero attached hydrogens (tertiary/aromatic N) is 1. The van der Waals surface area contributed by atoms with Gasteiger partial charge in [0.15, 0.2) is 0 Å². The molecule has 4 rings (SSSR count). The van der Waals surface area contributed by atoms with E-state index in [9.17, 15) is 14.4 Å². The second-order valence-electron chi connectivity index (χ2n) is 7.50. The van der Waals surface area contributed by atoms with Gasteiger partial charge in [0.1, 0.15) is 11.8 Å². The van der Waals surface area contributed by atoms with E-state index in [0.29, 0.717) is 18.6 Å². The summed E-state index contributed by atoms with van der Waals surface area (Å²) < 4.78 is 5.66. The van der Waals surface area contributed by atoms with Gasteiger partial charge in [-0.1, -0.05) is 60.7 Å². The fourth-order valence-corrected chi connectivity index (χ4v) is 3.81. The maximum absolute atomic E-state index is 13.2. The molecule has 0 aliphatic carbocycles. The largest absolute Gasteiger partial charge is 0.425 e. The van der Waals surface area contributed by atoms with Crippen LogP contribution in [0.2, 0.25) is 0 Å². The van der Waals surface area contributed by atoms with Gasteiger partial charge >= 0.3 is 5.97 Å². The predicted molar refractivity (Wildman–Crippen MR) is 114 cm³/mol. The van der Waals surface area contributed by atoms with Crippen LogP contribution in [0.3, 0.4) is 0 Å². The van der Waals surface area contributed by atoms with Crippen molar-refractivity contribution < 1.29 is 19.1 Å². The van der Waals surface area contributed by atoms with Crippen LogP contribution in [-0.2, 0) is 20.8 Å². The summed E-state index contributed by atoms with van der Waals surface area (Å²) in [5, 5.41) is 1.99. The van der Waals surface area contributed by atoms with Gasteiger partial charge in [0.25, 0.3) is 0 Å². The molecule has 0 radical (unpaired) electrons. The molecule has 30 heavy (non-hydrogen) atoms. The van der Waals surface area contributed by atoms with Crippen LogP contribution < -0.4 is 4.74 Å². The first-order valence-electron chi connectivity index (χ1n) is 10.2. The van der Waals surface area contributed by atoms with Crippen molar-refractivity contribution in [3.8, 4) is 5.75 Å². The van der Waals surface area contributed by atoms with Crippen molar-refractivity contribution in [2.75, 3.05) is 0 Å². The number of amides is 2. The lowest BCUT2D eigenvalue weighted by Crippen LogP contribution is -2.50. The topological polar surface area (TPSA) is 63.7 Å². The van der Waals surface area contributed by atoms with Crippen molar-refractivity contribution >= 4 is 28.6 Å². The molecule has 0 unspecified atom stereocenters. The summed E-state index contributed by atoms with van der Waals surface area (Å²) in [5.41, 5.74) is 0.864. The van der Waals surface area contributed by atoms with E-state index in [4.69, 9.17) is 4.74 Å². The minimum atomic E-state index is -0.989. The molecule has 1 heterocycles. The number of imide groups is 1. The Morgan fingerprint density at radius 1 is 0.833 bits per heavy atom. The standard InChI is InChI=1S/C25H23NO4/c27-23-12-6-7-13-24(28)26(23)22(16-18-8-2-1-3-9-18)25(29)30-21-15-14-19-10-4-5-11-20(19)17-21/h1-5,8-11,14-15,17,22H,6-7,12-13,16H2/t22-/m0/s1. The highest BCUT2D eigenvalue weighted by Gasteiger charge is 2.37. The number of carbonyl (C=O) groups excluding carboxylic acids is 3. The van der Waals surface area contributed by atoms with Crippen molar-refractivity contribution in [2.24, 2.45) is 0 Å². The molecule has 0 aromatic heterocycles. The summed E-state index contributed by atoms with van der Waals surface area (Å²) in [4.78, 5) is 39.7. The Balaban J connectivity index is 1.63. The van der Waals surface area contributed by atoms with Gasteiger partial charge in [-0.05, 0) is 41.3 Å². The molecule has 5 heteroatoms. The summed E-state index contributed by atoms with van der Waals surface area (Å²) >= 11 is 0. The maximum atomic E-state index is 13.2. The fourth-order valence-electron chi connectivity index (χ4n) is 3.81. The van der Waals surface area contributed by atoms with Crippen LogP contribution in [0, 0.1) is 0 Å². The van der Waals surface area contributed by atoms with E-state index in [0.717, 1.165) is 21.2 Å². The Bertz CT molecular complexity index is 1060. The zero-order valence-electron chi connectivity index (χ0n) is 16.6. The third-order valence-corrected chi connectivity index (χ3v) is 5.36. The number of hydrogen-bond acceptors (Lipinski definition) is 4. The summed E-state index contributed by atoms with van der Waals surface area (Å²) in [7, 11) is 0. The minimum absolute atomic E-state index is 0.227. The first kappa shape index (κ1) is 19.8. The lowest BCUT2D eigenvalue weighted by atomic mass is 10.0. The smallest absolute Gasteiger partial charge is 0.335 e. The third-order valence-electron chi connectivity index (χ3n) is 5.36. The van der Waals surface area contributed by atoms with Gasteiger partial charge < -0.3 is 4.74 Å². The van der Waals surface area contributed by atoms with Crippen LogP contribution in [-0.4, -0.2) is 28.7 Å². The van der Waals surface area contributed by atoms with E-state index in [1.165, 1.54) is 0 Å². The summed E-state index contributed by atoms with van der Waals surface area (Å²) in [6.07, 6.45) is 2.06. The Hall–Kier alpha value is -3.47. The van der Waals surface area contributed by atoms with Crippen LogP contribution >= 0.6 is 0 Å². The number of fused-ring (bicyclic) bond motifs is 1. The van der Waals surface area contributed by atoms with E-state index >= 15 is 0 Å². The highest BCUT2D eigenvalue weighted by molar-refractivity contribution is 6.00. The summed E-state index contributed by atoms with van der Waals surface area (Å²) in [6.45, 7) is 0. The molecule has 0 bridgehead atoms. The molecule has 3 aromatic carbocycles. The van der Waals surface area contributed by atoms with E-state index in [1.54, 1.807) is 12.1 Å². The van der Waals surface area contributed by atoms with Crippen LogP contribution in [0.4, 0.5) is 0 Å². The fraction of sp³-hybridized carbons (Fsp3) is 0.240. The molecule has 2 amide bonds. The molecule has 152 valence electrons. The Morgan fingerprint density at radius 2 is 1.47 bits per heavy atom. The van der Waals surface area contributed by atoms with Gasteiger partial charge in [-0.3, -0.25) is 14.5 Å². The van der Waals surface area contributed by atoms with E-state index < -0.39 is 12.0 Å². The second-order valence-corrected chi connectivity index (χ2v) is 7.50. The maximum Gasteiger partial charge on any atom is 0.335 e. The lowest BCUT2D eigenvalue weighted by molar-refractivity contribution is -0.156. The molecule has 0 spiro atoms. The highest BCUT2D eigenvalue weighted by atomic mass is 16.5. The SMILES string of the molecule is O=C(Oc1ccc2ccccc2c1)[C@H](Cc1ccccc1)N1C(=O)CCCCC1=O. The van der Waals surface area contributed by atoms with Gasteiger partial charge in [0.2, 0.25) is 11.8 Å². The van der Waals surface area contributed by atoms with Crippen LogP contribution in [0.5, 0.6) is 5.75 Å². The molecule has 0 N–H and O–H groups in total. The lowest BCUT2D eigenvalue weighted by Gasteiger charge is -2.27. The summed E-state index contributed by atoms with van der Waals surface area (Å²) in [6, 6.07) is 21.6. The van der Waals surface area contributed by atoms with Crippen LogP contribution in [0.1, 0.15) is 31.2 Å². The molecule has 5 nitrogen and oxygen atoms in total. The van der Waals surface area contributed by atoms with Gasteiger partial charge in [0.05, 0.1) is 0 Å². The molecular weight excluding hydrogens is 378 g/mol. The quantitative estimate of drug-likeness (QED) is 0.364. The monoisotopic (exact) mass is 401 g/mol. The number of rotatable bonds is 5. The molecule has 0 saturated carbocycles. The molecule has 1 aliphatic rings. The number of hydrogen-bond donors (Lipinski definition) is 0. The molecule has 1 atom stereocenters. The minimum Gasteiger partial charge on any atom is -0.425 e. The number of ether oxygens (including phenoxy) is 1. The average molecular weight is 401 g/mol. The number of likely N-dealkylation sites (tertiary alicyclic amines) is 1. The van der Waals surface area contributed by atoms with Crippen molar-refractivity contribution in [1.82, 2.24) is 4.90 Å². The third kappa shape index (κ3) is 4.40. The number of carbonyl (C=O) groups is 3. The Kier molecular flexibility index (Phi) is 5.89. The highest BCUT2D eigenvalue weighted by Crippen LogP contribution is 2.23. The first-order chi connectivity index (χ1) is 14.6. The van der Waals surface area contributed by atoms with Crippen molar-refractivity contribution in [1.29, 1.82) is 0 Å². The molecular formula is C25H23NO4. The Labute approximate surface area is 175 Å². The second kappa shape index (κ2) is 8.91. The normalized spacial score (nSPS) is 15.7. The Morgan fingerprint density at radius 3 is 2.17 bits per heavy atom. The van der Waals surface area contributed by atoms with Gasteiger partial charge in [-0.25, -0.2) is 4.79 Å². The molecule has 1 fully saturated rings. The van der Waals surface area contributed by atoms with Crippen LogP contribution in [0.15, 0.2) is 72.8 Å². The molecule has 3 aromatic rings. The van der Waals surface area contributed by atoms with E-state index in [2.05, 4.69) is 0 Å². The zero-order chi connectivity index (χ0) is 20.9. The van der Waals surface area contributed by atoms with Crippen LogP contribution in [0.25, 0.3) is 10.8 Å². The predicted octanol–water partition coefficient (Wildman–Crippen LogP) is 4.29. The first-order valence-corrected chi connectivity index (χ1v) is 10.2. The molecule has 1 aliphatic heterocycles. The van der Waals surface area contributed by atoms with Gasteiger partial charge in [0, 0.05) is 19.3 Å². The van der Waals surface area contributed by atoms with Crippen molar-refractivity contribution in [3.63, 3.8) is 0 Å². The van der Waals surface area contributed by atoms with Crippen molar-refractivity contribution in [2.45, 2.75) is 38.1 Å². The van der Waals surface area contributed by atoms with Gasteiger partial charge in [-0.2, -0.15) is 0 Å². The molecule has 1 saturated heterocycles. The zero-order valence-corrected chi connectivity index (χ0v) is 16.6. The van der Waals surface area contributed by atoms with E-state index in [1.807, 2.05) is 60.7 Å². The van der Waals surface area contributed by atoms with Crippen molar-refractivity contribution in [3.05, 3.63) is 78.4 Å². The van der Waals surface area contributed by atoms with Gasteiger partial charge in [-0.15, -0.1) is 0 Å². The average Bonchev–Trinajstić information content (AvgIpc) is 2.93. The number of benzene rings is 3. The number of esters is 1. The van der Waals surface area contributed by atoms with E-state index in [-0.39, 0.29) is 31.1 Å². The summed E-state index contributed by atoms with van der Waals surface area (Å²) in [5.74, 6) is -0.827.